The number of sulfonamides is 1. The maximum absolute atomic E-state index is 14.1. The predicted octanol–water partition coefficient (Wildman–Crippen LogP) is 5.28. The van der Waals surface area contributed by atoms with Gasteiger partial charge in [-0.25, -0.2) is 8.42 Å². The lowest BCUT2D eigenvalue weighted by Crippen LogP contribution is -2.52. The number of amides is 2. The zero-order chi connectivity index (χ0) is 30.7. The molecule has 0 heterocycles. The maximum atomic E-state index is 14.1. The highest BCUT2D eigenvalue weighted by Gasteiger charge is 2.33. The van der Waals surface area contributed by atoms with Crippen LogP contribution in [0.25, 0.3) is 0 Å². The molecular formula is C31H38ClN3O6S. The summed E-state index contributed by atoms with van der Waals surface area (Å²) in [5.41, 5.74) is 0.947. The minimum absolute atomic E-state index is 0.0280. The van der Waals surface area contributed by atoms with Crippen LogP contribution in [0.1, 0.15) is 38.7 Å². The van der Waals surface area contributed by atoms with Gasteiger partial charge in [0.2, 0.25) is 11.8 Å². The number of halogens is 1. The van der Waals surface area contributed by atoms with E-state index in [-0.39, 0.29) is 23.0 Å². The molecule has 0 aliphatic heterocycles. The van der Waals surface area contributed by atoms with Gasteiger partial charge in [0.1, 0.15) is 24.1 Å². The Morgan fingerprint density at radius 3 is 2.24 bits per heavy atom. The van der Waals surface area contributed by atoms with Gasteiger partial charge in [-0.1, -0.05) is 50.1 Å². The van der Waals surface area contributed by atoms with Crippen LogP contribution in [0.5, 0.6) is 11.5 Å². The van der Waals surface area contributed by atoms with Gasteiger partial charge in [-0.15, -0.1) is 0 Å². The number of benzene rings is 3. The molecule has 2 amide bonds. The molecule has 3 aromatic carbocycles. The smallest absolute Gasteiger partial charge is 0.264 e. The number of methoxy groups -OCH3 is 2. The van der Waals surface area contributed by atoms with E-state index < -0.39 is 28.5 Å². The van der Waals surface area contributed by atoms with Crippen LogP contribution in [-0.2, 0) is 26.2 Å². The molecular weight excluding hydrogens is 578 g/mol. The number of rotatable bonds is 15. The number of hydrogen-bond acceptors (Lipinski definition) is 6. The van der Waals surface area contributed by atoms with E-state index in [0.717, 1.165) is 22.7 Å². The molecule has 0 spiro atoms. The number of nitrogens with one attached hydrogen (secondary N) is 1. The minimum Gasteiger partial charge on any atom is -0.497 e. The Morgan fingerprint density at radius 2 is 1.62 bits per heavy atom. The average Bonchev–Trinajstić information content (AvgIpc) is 2.99. The zero-order valence-electron chi connectivity index (χ0n) is 24.4. The standard InChI is InChI=1S/C31H38ClN3O6S/c1-5-7-18-33-31(37)29(6-2)34(21-23-10-8-13-27(19-23)41-4)30(36)22-35(25-12-9-11-24(32)20-25)42(38,39)28-16-14-26(40-3)15-17-28/h8-17,19-20,29H,5-7,18,21-22H2,1-4H3,(H,33,37)/t29-/m1/s1. The third kappa shape index (κ3) is 8.39. The summed E-state index contributed by atoms with van der Waals surface area (Å²) in [6.45, 7) is 3.83. The van der Waals surface area contributed by atoms with E-state index in [1.807, 2.05) is 19.9 Å². The molecule has 0 saturated heterocycles. The highest BCUT2D eigenvalue weighted by Crippen LogP contribution is 2.28. The van der Waals surface area contributed by atoms with Crippen molar-refractivity contribution in [1.82, 2.24) is 10.2 Å². The first kappa shape index (κ1) is 32.8. The molecule has 0 aliphatic rings. The molecule has 3 rings (SSSR count). The molecule has 0 unspecified atom stereocenters. The van der Waals surface area contributed by atoms with Crippen LogP contribution >= 0.6 is 11.6 Å². The first-order valence-electron chi connectivity index (χ1n) is 13.8. The first-order chi connectivity index (χ1) is 20.1. The van der Waals surface area contributed by atoms with E-state index in [1.165, 1.54) is 42.3 Å². The van der Waals surface area contributed by atoms with E-state index in [0.29, 0.717) is 29.5 Å². The zero-order valence-corrected chi connectivity index (χ0v) is 26.0. The number of nitrogens with zero attached hydrogens (tertiary/aromatic N) is 2. The summed E-state index contributed by atoms with van der Waals surface area (Å²) in [6.07, 6.45) is 2.03. The molecule has 0 radical (unpaired) electrons. The summed E-state index contributed by atoms with van der Waals surface area (Å²) >= 11 is 6.24. The molecule has 0 aromatic heterocycles. The van der Waals surface area contributed by atoms with Gasteiger partial charge in [0.15, 0.2) is 0 Å². The molecule has 42 heavy (non-hydrogen) atoms. The van der Waals surface area contributed by atoms with Crippen molar-refractivity contribution in [2.75, 3.05) is 31.6 Å². The molecule has 3 aromatic rings. The van der Waals surface area contributed by atoms with E-state index >= 15 is 0 Å². The van der Waals surface area contributed by atoms with Gasteiger partial charge in [-0.3, -0.25) is 13.9 Å². The summed E-state index contributed by atoms with van der Waals surface area (Å²) in [4.78, 5) is 28.8. The van der Waals surface area contributed by atoms with Crippen LogP contribution in [0, 0.1) is 0 Å². The average molecular weight is 616 g/mol. The second-order valence-corrected chi connectivity index (χ2v) is 11.9. The monoisotopic (exact) mass is 615 g/mol. The van der Waals surface area contributed by atoms with Crippen molar-refractivity contribution in [3.05, 3.63) is 83.4 Å². The molecule has 226 valence electrons. The fourth-order valence-electron chi connectivity index (χ4n) is 4.43. The molecule has 11 heteroatoms. The Morgan fingerprint density at radius 1 is 0.929 bits per heavy atom. The Kier molecular flexibility index (Phi) is 12.1. The van der Waals surface area contributed by atoms with Crippen LogP contribution in [0.4, 0.5) is 5.69 Å². The van der Waals surface area contributed by atoms with Crippen molar-refractivity contribution in [2.24, 2.45) is 0 Å². The predicted molar refractivity (Wildman–Crippen MR) is 165 cm³/mol. The number of unbranched alkanes of at least 4 members (excludes halogenated alkanes) is 1. The Hall–Kier alpha value is -3.76. The molecule has 0 saturated carbocycles. The third-order valence-corrected chi connectivity index (χ3v) is 8.75. The fraction of sp³-hybridized carbons (Fsp3) is 0.355. The van der Waals surface area contributed by atoms with Crippen molar-refractivity contribution < 1.29 is 27.5 Å². The maximum Gasteiger partial charge on any atom is 0.264 e. The summed E-state index contributed by atoms with van der Waals surface area (Å²) < 4.78 is 39.5. The van der Waals surface area contributed by atoms with Crippen LogP contribution in [0.3, 0.4) is 0 Å². The minimum atomic E-state index is -4.23. The topological polar surface area (TPSA) is 105 Å². The van der Waals surface area contributed by atoms with Gasteiger partial charge >= 0.3 is 0 Å². The highest BCUT2D eigenvalue weighted by atomic mass is 35.5. The Bertz CT molecular complexity index is 1450. The molecule has 0 aliphatic carbocycles. The second kappa shape index (κ2) is 15.5. The van der Waals surface area contributed by atoms with E-state index in [9.17, 15) is 18.0 Å². The summed E-state index contributed by atoms with van der Waals surface area (Å²) in [5.74, 6) is 0.244. The SMILES string of the molecule is CCCCNC(=O)[C@@H](CC)N(Cc1cccc(OC)c1)C(=O)CN(c1cccc(Cl)c1)S(=O)(=O)c1ccc(OC)cc1. The van der Waals surface area contributed by atoms with Crippen LogP contribution in [0.15, 0.2) is 77.7 Å². The van der Waals surface area contributed by atoms with Crippen molar-refractivity contribution in [3.63, 3.8) is 0 Å². The number of anilines is 1. The molecule has 1 atom stereocenters. The van der Waals surface area contributed by atoms with Crippen molar-refractivity contribution in [3.8, 4) is 11.5 Å². The molecule has 9 nitrogen and oxygen atoms in total. The number of hydrogen-bond donors (Lipinski definition) is 1. The number of carbonyl (C=O) groups is 2. The third-order valence-electron chi connectivity index (χ3n) is 6.73. The van der Waals surface area contributed by atoms with E-state index in [1.54, 1.807) is 43.5 Å². The van der Waals surface area contributed by atoms with Crippen LogP contribution in [-0.4, -0.2) is 58.5 Å². The van der Waals surface area contributed by atoms with Crippen molar-refractivity contribution >= 4 is 39.1 Å². The summed E-state index contributed by atoms with van der Waals surface area (Å²) in [7, 11) is -1.19. The fourth-order valence-corrected chi connectivity index (χ4v) is 6.02. The van der Waals surface area contributed by atoms with Gasteiger partial charge in [0.25, 0.3) is 10.0 Å². The lowest BCUT2D eigenvalue weighted by molar-refractivity contribution is -0.140. The normalized spacial score (nSPS) is 11.8. The van der Waals surface area contributed by atoms with Crippen LogP contribution in [0.2, 0.25) is 5.02 Å². The lowest BCUT2D eigenvalue weighted by Gasteiger charge is -2.33. The molecule has 1 N–H and O–H groups in total. The van der Waals surface area contributed by atoms with Gasteiger partial charge in [0, 0.05) is 18.1 Å². The first-order valence-corrected chi connectivity index (χ1v) is 15.6. The van der Waals surface area contributed by atoms with Gasteiger partial charge in [-0.05, 0) is 73.0 Å². The van der Waals surface area contributed by atoms with Gasteiger partial charge < -0.3 is 19.7 Å². The largest absolute Gasteiger partial charge is 0.497 e. The number of carbonyl (C=O) groups excluding carboxylic acids is 2. The van der Waals surface area contributed by atoms with E-state index in [4.69, 9.17) is 21.1 Å². The van der Waals surface area contributed by atoms with Crippen LogP contribution < -0.4 is 19.1 Å². The van der Waals surface area contributed by atoms with Crippen molar-refractivity contribution in [1.29, 1.82) is 0 Å². The highest BCUT2D eigenvalue weighted by molar-refractivity contribution is 7.92. The molecule has 0 bridgehead atoms. The second-order valence-electron chi connectivity index (χ2n) is 9.61. The Balaban J connectivity index is 2.05. The lowest BCUT2D eigenvalue weighted by atomic mass is 10.1. The van der Waals surface area contributed by atoms with Gasteiger partial charge in [-0.2, -0.15) is 0 Å². The van der Waals surface area contributed by atoms with E-state index in [2.05, 4.69) is 5.32 Å². The Labute approximate surface area is 253 Å². The van der Waals surface area contributed by atoms with Crippen molar-refractivity contribution in [2.45, 2.75) is 50.6 Å². The quantitative estimate of drug-likeness (QED) is 0.233. The number of ether oxygens (including phenoxy) is 2. The summed E-state index contributed by atoms with van der Waals surface area (Å²) in [6, 6.07) is 18.6. The molecule has 0 fully saturated rings. The summed E-state index contributed by atoms with van der Waals surface area (Å²) in [5, 5.41) is 3.23. The van der Waals surface area contributed by atoms with Gasteiger partial charge in [0.05, 0.1) is 24.8 Å².